The van der Waals surface area contributed by atoms with Crippen LogP contribution in [0.15, 0.2) is 34.7 Å². The Morgan fingerprint density at radius 1 is 1.20 bits per heavy atom. The molecule has 3 heterocycles. The summed E-state index contributed by atoms with van der Waals surface area (Å²) in [6, 6.07) is 5.54. The number of nitrogens with zero attached hydrogens (tertiary/aromatic N) is 3. The van der Waals surface area contributed by atoms with Gasteiger partial charge in [-0.05, 0) is 17.7 Å². The Kier molecular flexibility index (Phi) is 5.74. The van der Waals surface area contributed by atoms with Crippen LogP contribution in [-0.2, 0) is 11.3 Å². The van der Waals surface area contributed by atoms with Crippen LogP contribution in [0.25, 0.3) is 21.3 Å². The van der Waals surface area contributed by atoms with Crippen molar-refractivity contribution in [1.82, 2.24) is 14.5 Å². The number of likely N-dealkylation sites (N-methyl/N-ethyl adjacent to an activating group) is 1. The van der Waals surface area contributed by atoms with Gasteiger partial charge in [0.1, 0.15) is 11.4 Å². The summed E-state index contributed by atoms with van der Waals surface area (Å²) in [4.78, 5) is 34.3. The van der Waals surface area contributed by atoms with Crippen molar-refractivity contribution in [1.29, 1.82) is 0 Å². The van der Waals surface area contributed by atoms with Gasteiger partial charge in [-0.3, -0.25) is 14.2 Å². The minimum Gasteiger partial charge on any atom is -0.493 e. The van der Waals surface area contributed by atoms with Crippen molar-refractivity contribution < 1.29 is 19.2 Å². The Balaban J connectivity index is 1.68. The lowest BCUT2D eigenvalue weighted by molar-refractivity contribution is -0.883. The largest absolute Gasteiger partial charge is 0.493 e. The van der Waals surface area contributed by atoms with Crippen molar-refractivity contribution in [3.63, 3.8) is 0 Å². The number of carbonyl (C=O) groups is 1. The summed E-state index contributed by atoms with van der Waals surface area (Å²) in [5.74, 6) is 1.16. The molecule has 0 bridgehead atoms. The number of rotatable bonds is 5. The van der Waals surface area contributed by atoms with E-state index < -0.39 is 0 Å². The van der Waals surface area contributed by atoms with E-state index in [0.717, 1.165) is 24.2 Å². The molecule has 8 nitrogen and oxygen atoms in total. The van der Waals surface area contributed by atoms with Crippen LogP contribution in [0.5, 0.6) is 11.5 Å². The van der Waals surface area contributed by atoms with Crippen molar-refractivity contribution >= 4 is 27.5 Å². The van der Waals surface area contributed by atoms with Crippen molar-refractivity contribution in [2.24, 2.45) is 0 Å². The molecule has 0 aliphatic carbocycles. The second-order valence-corrected chi connectivity index (χ2v) is 8.27. The van der Waals surface area contributed by atoms with Crippen molar-refractivity contribution in [2.75, 3.05) is 47.4 Å². The molecule has 0 radical (unpaired) electrons. The zero-order chi connectivity index (χ0) is 21.3. The van der Waals surface area contributed by atoms with Crippen LogP contribution in [0.4, 0.5) is 0 Å². The minimum atomic E-state index is -0.209. The summed E-state index contributed by atoms with van der Waals surface area (Å²) in [6.45, 7) is 3.27. The average Bonchev–Trinajstić information content (AvgIpc) is 3.20. The monoisotopic (exact) mass is 429 g/mol. The lowest BCUT2D eigenvalue weighted by Gasteiger charge is -2.30. The quantitative estimate of drug-likeness (QED) is 0.639. The number of nitrogens with one attached hydrogen (secondary N) is 1. The zero-order valence-corrected chi connectivity index (χ0v) is 18.1. The Morgan fingerprint density at radius 3 is 2.63 bits per heavy atom. The van der Waals surface area contributed by atoms with E-state index in [1.165, 1.54) is 27.1 Å². The third-order valence-corrected chi connectivity index (χ3v) is 6.42. The molecule has 2 aromatic heterocycles. The van der Waals surface area contributed by atoms with Gasteiger partial charge in [0, 0.05) is 10.9 Å². The van der Waals surface area contributed by atoms with Gasteiger partial charge in [-0.1, -0.05) is 6.07 Å². The molecule has 158 valence electrons. The number of amides is 1. The lowest BCUT2D eigenvalue weighted by atomic mass is 10.1. The van der Waals surface area contributed by atoms with Gasteiger partial charge in [-0.25, -0.2) is 4.98 Å². The number of fused-ring (bicyclic) bond motifs is 1. The average molecular weight is 430 g/mol. The molecule has 1 amide bonds. The topological polar surface area (TPSA) is 78.1 Å². The summed E-state index contributed by atoms with van der Waals surface area (Å²) in [6.07, 6.45) is 1.47. The molecule has 1 N–H and O–H groups in total. The molecular formula is C21H25N4O4S+. The molecule has 0 atom stereocenters. The lowest BCUT2D eigenvalue weighted by Crippen LogP contribution is -3.12. The van der Waals surface area contributed by atoms with Gasteiger partial charge in [0.2, 0.25) is 5.91 Å². The normalized spacial score (nSPS) is 14.8. The second-order valence-electron chi connectivity index (χ2n) is 7.41. The van der Waals surface area contributed by atoms with Crippen LogP contribution < -0.4 is 19.9 Å². The van der Waals surface area contributed by atoms with Gasteiger partial charge in [0.15, 0.2) is 11.5 Å². The molecule has 0 saturated carbocycles. The smallest absolute Gasteiger partial charge is 0.263 e. The SMILES string of the molecule is COc1ccc(-c2csc3ncn(CC(=O)N4CC[NH+](C)CC4)c(=O)c23)cc1OC. The number of piperazine rings is 1. The zero-order valence-electron chi connectivity index (χ0n) is 17.3. The van der Waals surface area contributed by atoms with E-state index in [1.807, 2.05) is 28.5 Å². The predicted molar refractivity (Wildman–Crippen MR) is 116 cm³/mol. The van der Waals surface area contributed by atoms with Crippen LogP contribution in [0.3, 0.4) is 0 Å². The molecule has 3 aromatic rings. The van der Waals surface area contributed by atoms with E-state index in [2.05, 4.69) is 12.0 Å². The third kappa shape index (κ3) is 3.78. The number of hydrogen-bond donors (Lipinski definition) is 1. The van der Waals surface area contributed by atoms with Crippen LogP contribution in [0, 0.1) is 0 Å². The van der Waals surface area contributed by atoms with Gasteiger partial charge in [-0.15, -0.1) is 11.3 Å². The number of benzene rings is 1. The number of quaternary nitrogens is 1. The minimum absolute atomic E-state index is 0.00203. The highest BCUT2D eigenvalue weighted by Crippen LogP contribution is 2.36. The molecule has 30 heavy (non-hydrogen) atoms. The standard InChI is InChI=1S/C21H24N4O4S/c1-23-6-8-24(9-7-23)18(26)11-25-13-22-20-19(21(25)27)15(12-30-20)14-4-5-16(28-2)17(10-14)29-3/h4-5,10,12-13H,6-9,11H2,1-3H3/p+1. The number of ether oxygens (including phenoxy) is 2. The van der Waals surface area contributed by atoms with Crippen LogP contribution in [0.2, 0.25) is 0 Å². The molecule has 0 unspecified atom stereocenters. The number of carbonyl (C=O) groups excluding carboxylic acids is 1. The van der Waals surface area contributed by atoms with Crippen LogP contribution in [0.1, 0.15) is 0 Å². The van der Waals surface area contributed by atoms with Gasteiger partial charge in [-0.2, -0.15) is 0 Å². The highest BCUT2D eigenvalue weighted by molar-refractivity contribution is 7.17. The molecule has 9 heteroatoms. The maximum Gasteiger partial charge on any atom is 0.263 e. The van der Waals surface area contributed by atoms with E-state index in [4.69, 9.17) is 9.47 Å². The second kappa shape index (κ2) is 8.45. The summed E-state index contributed by atoms with van der Waals surface area (Å²) in [5, 5.41) is 2.43. The number of methoxy groups -OCH3 is 2. The van der Waals surface area contributed by atoms with E-state index in [9.17, 15) is 9.59 Å². The molecule has 4 rings (SSSR count). The predicted octanol–water partition coefficient (Wildman–Crippen LogP) is 0.499. The Labute approximate surface area is 178 Å². The van der Waals surface area contributed by atoms with Crippen LogP contribution in [-0.4, -0.2) is 67.8 Å². The molecule has 1 saturated heterocycles. The van der Waals surface area contributed by atoms with Crippen molar-refractivity contribution in [3.8, 4) is 22.6 Å². The first kappa shape index (κ1) is 20.4. The summed E-state index contributed by atoms with van der Waals surface area (Å²) in [7, 11) is 5.28. The highest BCUT2D eigenvalue weighted by atomic mass is 32.1. The molecule has 1 fully saturated rings. The fourth-order valence-corrected chi connectivity index (χ4v) is 4.59. The fraction of sp³-hybridized carbons (Fsp3) is 0.381. The molecule has 1 aliphatic rings. The van der Waals surface area contributed by atoms with Gasteiger partial charge >= 0.3 is 0 Å². The number of aromatic nitrogens is 2. The maximum absolute atomic E-state index is 13.2. The Hall–Kier alpha value is -2.91. The van der Waals surface area contributed by atoms with E-state index in [1.54, 1.807) is 14.2 Å². The van der Waals surface area contributed by atoms with Crippen LogP contribution >= 0.6 is 11.3 Å². The highest BCUT2D eigenvalue weighted by Gasteiger charge is 2.22. The first-order chi connectivity index (χ1) is 14.5. The van der Waals surface area contributed by atoms with E-state index >= 15 is 0 Å². The molecule has 1 aliphatic heterocycles. The summed E-state index contributed by atoms with van der Waals surface area (Å²) >= 11 is 1.41. The van der Waals surface area contributed by atoms with Gasteiger partial charge in [0.05, 0.1) is 59.2 Å². The molecular weight excluding hydrogens is 404 g/mol. The fourth-order valence-electron chi connectivity index (χ4n) is 3.68. The number of thiophene rings is 1. The number of hydrogen-bond acceptors (Lipinski definition) is 6. The Bertz CT molecular complexity index is 1130. The molecule has 0 spiro atoms. The third-order valence-electron chi connectivity index (χ3n) is 5.53. The van der Waals surface area contributed by atoms with E-state index in [0.29, 0.717) is 34.8 Å². The van der Waals surface area contributed by atoms with Crippen molar-refractivity contribution in [2.45, 2.75) is 6.54 Å². The maximum atomic E-state index is 13.2. The van der Waals surface area contributed by atoms with Gasteiger partial charge < -0.3 is 19.3 Å². The first-order valence-corrected chi connectivity index (χ1v) is 10.7. The molecule has 1 aromatic carbocycles. The summed E-state index contributed by atoms with van der Waals surface area (Å²) in [5.41, 5.74) is 1.40. The first-order valence-electron chi connectivity index (χ1n) is 9.80. The van der Waals surface area contributed by atoms with E-state index in [-0.39, 0.29) is 18.0 Å². The Morgan fingerprint density at radius 2 is 1.93 bits per heavy atom. The van der Waals surface area contributed by atoms with Crippen molar-refractivity contribution in [3.05, 3.63) is 40.3 Å². The van der Waals surface area contributed by atoms with Gasteiger partial charge in [0.25, 0.3) is 5.56 Å². The summed E-state index contributed by atoms with van der Waals surface area (Å²) < 4.78 is 12.1.